The van der Waals surface area contributed by atoms with Crippen molar-refractivity contribution in [2.75, 3.05) is 26.3 Å². The van der Waals surface area contributed by atoms with Crippen LogP contribution in [-0.2, 0) is 17.8 Å². The number of nitrogens with zero attached hydrogens (tertiary/aromatic N) is 3. The van der Waals surface area contributed by atoms with Gasteiger partial charge in [-0.1, -0.05) is 37.6 Å². The SMILES string of the molecule is Cc1ccc(CN(Cc2nc(C(=O)N3CCOCC3)co2)[C@H](C)C(C)C)c(C)c1. The Morgan fingerprint density at radius 3 is 2.55 bits per heavy atom. The Labute approximate surface area is 173 Å². The number of ether oxygens (including phenoxy) is 1. The van der Waals surface area contributed by atoms with Crippen LogP contribution in [0.2, 0.25) is 0 Å². The molecule has 2 heterocycles. The second kappa shape index (κ2) is 9.55. The Bertz CT molecular complexity index is 825. The standard InChI is InChI=1S/C23H33N3O3/c1-16(2)19(5)26(13-20-7-6-17(3)12-18(20)4)14-22-24-21(15-29-22)23(27)25-8-10-28-11-9-25/h6-7,12,15-16,19H,8-11,13-14H2,1-5H3/t19-/m1/s1. The van der Waals surface area contributed by atoms with Gasteiger partial charge in [0, 0.05) is 25.7 Å². The van der Waals surface area contributed by atoms with Crippen molar-refractivity contribution in [2.24, 2.45) is 5.92 Å². The second-order valence-corrected chi connectivity index (χ2v) is 8.35. The summed E-state index contributed by atoms with van der Waals surface area (Å²) in [5.74, 6) is 0.991. The van der Waals surface area contributed by atoms with Gasteiger partial charge in [0.05, 0.1) is 19.8 Å². The molecule has 1 atom stereocenters. The first-order chi connectivity index (χ1) is 13.8. The lowest BCUT2D eigenvalue weighted by atomic mass is 10.0. The van der Waals surface area contributed by atoms with E-state index in [0.29, 0.717) is 56.4 Å². The molecule has 29 heavy (non-hydrogen) atoms. The van der Waals surface area contributed by atoms with E-state index in [4.69, 9.17) is 9.15 Å². The molecule has 6 nitrogen and oxygen atoms in total. The Morgan fingerprint density at radius 1 is 1.17 bits per heavy atom. The van der Waals surface area contributed by atoms with Crippen molar-refractivity contribution >= 4 is 5.91 Å². The van der Waals surface area contributed by atoms with Crippen molar-refractivity contribution in [2.45, 2.75) is 53.8 Å². The minimum absolute atomic E-state index is 0.0823. The number of amides is 1. The summed E-state index contributed by atoms with van der Waals surface area (Å²) in [5, 5.41) is 0. The molecule has 0 bridgehead atoms. The molecule has 2 aromatic rings. The Kier molecular flexibility index (Phi) is 7.09. The van der Waals surface area contributed by atoms with Crippen LogP contribution in [0, 0.1) is 19.8 Å². The number of rotatable bonds is 7. The van der Waals surface area contributed by atoms with Gasteiger partial charge in [0.2, 0.25) is 5.89 Å². The fraction of sp³-hybridized carbons (Fsp3) is 0.565. The van der Waals surface area contributed by atoms with Crippen LogP contribution in [-0.4, -0.2) is 53.0 Å². The van der Waals surface area contributed by atoms with E-state index in [-0.39, 0.29) is 5.91 Å². The molecule has 1 aromatic heterocycles. The Balaban J connectivity index is 1.74. The van der Waals surface area contributed by atoms with Gasteiger partial charge in [-0.05, 0) is 37.8 Å². The van der Waals surface area contributed by atoms with E-state index in [1.165, 1.54) is 23.0 Å². The van der Waals surface area contributed by atoms with Gasteiger partial charge in [-0.15, -0.1) is 0 Å². The van der Waals surface area contributed by atoms with Crippen LogP contribution >= 0.6 is 0 Å². The van der Waals surface area contributed by atoms with Gasteiger partial charge in [-0.25, -0.2) is 4.98 Å². The molecule has 0 spiro atoms. The molecule has 0 radical (unpaired) electrons. The fourth-order valence-electron chi connectivity index (χ4n) is 3.59. The smallest absolute Gasteiger partial charge is 0.275 e. The number of oxazole rings is 1. The molecular formula is C23H33N3O3. The van der Waals surface area contributed by atoms with Gasteiger partial charge in [0.1, 0.15) is 6.26 Å². The first kappa shape index (κ1) is 21.5. The number of morpholine rings is 1. The van der Waals surface area contributed by atoms with Crippen LogP contribution in [0.4, 0.5) is 0 Å². The summed E-state index contributed by atoms with van der Waals surface area (Å²) in [6, 6.07) is 6.93. The molecule has 1 fully saturated rings. The minimum atomic E-state index is -0.0823. The molecule has 3 rings (SSSR count). The summed E-state index contributed by atoms with van der Waals surface area (Å²) in [7, 11) is 0. The zero-order valence-electron chi connectivity index (χ0n) is 18.3. The summed E-state index contributed by atoms with van der Waals surface area (Å²) in [6.07, 6.45) is 1.49. The third-order valence-electron chi connectivity index (χ3n) is 5.82. The molecule has 1 aromatic carbocycles. The lowest BCUT2D eigenvalue weighted by molar-refractivity contribution is 0.0299. The quantitative estimate of drug-likeness (QED) is 0.709. The number of carbonyl (C=O) groups excluding carboxylic acids is 1. The zero-order valence-corrected chi connectivity index (χ0v) is 18.3. The molecule has 0 N–H and O–H groups in total. The highest BCUT2D eigenvalue weighted by Crippen LogP contribution is 2.21. The fourth-order valence-corrected chi connectivity index (χ4v) is 3.59. The van der Waals surface area contributed by atoms with Crippen LogP contribution in [0.25, 0.3) is 0 Å². The number of aromatic nitrogens is 1. The average molecular weight is 400 g/mol. The third kappa shape index (κ3) is 5.46. The average Bonchev–Trinajstić information content (AvgIpc) is 3.17. The highest BCUT2D eigenvalue weighted by Gasteiger charge is 2.24. The molecule has 1 amide bonds. The lowest BCUT2D eigenvalue weighted by Gasteiger charge is -2.31. The summed E-state index contributed by atoms with van der Waals surface area (Å²) in [5.41, 5.74) is 4.25. The number of hydrogen-bond acceptors (Lipinski definition) is 5. The topological polar surface area (TPSA) is 58.8 Å². The Morgan fingerprint density at radius 2 is 1.90 bits per heavy atom. The van der Waals surface area contributed by atoms with Crippen molar-refractivity contribution in [3.63, 3.8) is 0 Å². The van der Waals surface area contributed by atoms with E-state index in [1.54, 1.807) is 4.90 Å². The van der Waals surface area contributed by atoms with E-state index in [2.05, 4.69) is 62.7 Å². The first-order valence-corrected chi connectivity index (χ1v) is 10.5. The predicted molar refractivity (Wildman–Crippen MR) is 113 cm³/mol. The van der Waals surface area contributed by atoms with Crippen molar-refractivity contribution in [3.05, 3.63) is 52.7 Å². The van der Waals surface area contributed by atoms with Gasteiger partial charge < -0.3 is 14.1 Å². The molecule has 0 saturated carbocycles. The van der Waals surface area contributed by atoms with E-state index in [1.807, 2.05) is 0 Å². The summed E-state index contributed by atoms with van der Waals surface area (Å²) in [6.45, 7) is 14.7. The van der Waals surface area contributed by atoms with Crippen molar-refractivity contribution in [3.8, 4) is 0 Å². The maximum absolute atomic E-state index is 12.6. The molecule has 0 unspecified atom stereocenters. The van der Waals surface area contributed by atoms with Crippen LogP contribution < -0.4 is 0 Å². The van der Waals surface area contributed by atoms with E-state index in [9.17, 15) is 4.79 Å². The lowest BCUT2D eigenvalue weighted by Crippen LogP contribution is -2.40. The molecule has 0 aliphatic carbocycles. The monoisotopic (exact) mass is 399 g/mol. The van der Waals surface area contributed by atoms with Gasteiger partial charge in [-0.2, -0.15) is 0 Å². The largest absolute Gasteiger partial charge is 0.447 e. The highest BCUT2D eigenvalue weighted by molar-refractivity contribution is 5.92. The van der Waals surface area contributed by atoms with Crippen molar-refractivity contribution in [1.82, 2.24) is 14.8 Å². The maximum Gasteiger partial charge on any atom is 0.275 e. The molecule has 158 valence electrons. The first-order valence-electron chi connectivity index (χ1n) is 10.5. The number of benzene rings is 1. The molecular weight excluding hydrogens is 366 g/mol. The van der Waals surface area contributed by atoms with Crippen LogP contribution in [0.15, 0.2) is 28.9 Å². The van der Waals surface area contributed by atoms with Crippen LogP contribution in [0.1, 0.15) is 53.8 Å². The van der Waals surface area contributed by atoms with E-state index >= 15 is 0 Å². The van der Waals surface area contributed by atoms with Crippen molar-refractivity contribution < 1.29 is 13.9 Å². The van der Waals surface area contributed by atoms with Gasteiger partial charge >= 0.3 is 0 Å². The summed E-state index contributed by atoms with van der Waals surface area (Å²) >= 11 is 0. The van der Waals surface area contributed by atoms with Crippen molar-refractivity contribution in [1.29, 1.82) is 0 Å². The summed E-state index contributed by atoms with van der Waals surface area (Å²) in [4.78, 5) is 21.3. The van der Waals surface area contributed by atoms with E-state index < -0.39 is 0 Å². The normalized spacial score (nSPS) is 15.9. The highest BCUT2D eigenvalue weighted by atomic mass is 16.5. The number of hydrogen-bond donors (Lipinski definition) is 0. The number of aryl methyl sites for hydroxylation is 2. The van der Waals surface area contributed by atoms with Gasteiger partial charge in [0.25, 0.3) is 5.91 Å². The van der Waals surface area contributed by atoms with Crippen LogP contribution in [0.5, 0.6) is 0 Å². The second-order valence-electron chi connectivity index (χ2n) is 8.35. The molecule has 1 aliphatic heterocycles. The predicted octanol–water partition coefficient (Wildman–Crippen LogP) is 3.81. The number of carbonyl (C=O) groups is 1. The van der Waals surface area contributed by atoms with Crippen LogP contribution in [0.3, 0.4) is 0 Å². The van der Waals surface area contributed by atoms with Gasteiger partial charge in [-0.3, -0.25) is 9.69 Å². The third-order valence-corrected chi connectivity index (χ3v) is 5.82. The maximum atomic E-state index is 12.6. The molecule has 6 heteroatoms. The minimum Gasteiger partial charge on any atom is -0.447 e. The molecule has 1 aliphatic rings. The van der Waals surface area contributed by atoms with E-state index in [0.717, 1.165) is 6.54 Å². The molecule has 1 saturated heterocycles. The zero-order chi connectivity index (χ0) is 21.0. The van der Waals surface area contributed by atoms with Gasteiger partial charge in [0.15, 0.2) is 5.69 Å². The summed E-state index contributed by atoms with van der Waals surface area (Å²) < 4.78 is 11.0. The Hall–Kier alpha value is -2.18.